The topological polar surface area (TPSA) is 25.8 Å². The Morgan fingerprint density at radius 1 is 0.677 bits per heavy atom. The average Bonchev–Trinajstić information content (AvgIpc) is 2.78. The van der Waals surface area contributed by atoms with Gasteiger partial charge in [0.05, 0.1) is 22.6 Å². The van der Waals surface area contributed by atoms with Gasteiger partial charge in [0, 0.05) is 16.2 Å². The van der Waals surface area contributed by atoms with Crippen LogP contribution in [0.1, 0.15) is 11.3 Å². The van der Waals surface area contributed by atoms with Gasteiger partial charge in [-0.2, -0.15) is 13.2 Å². The molecule has 2 aromatic heterocycles. The molecule has 0 saturated carbocycles. The Morgan fingerprint density at radius 2 is 1.39 bits per heavy atom. The Labute approximate surface area is 183 Å². The number of nitrogens with zero attached hydrogens (tertiary/aromatic N) is 2. The molecule has 0 aliphatic heterocycles. The molecular formula is C25H19F3N2S. The predicted molar refractivity (Wildman–Crippen MR) is 120 cm³/mol. The smallest absolute Gasteiger partial charge is 0.251 e. The molecule has 156 valence electrons. The molecule has 0 saturated heterocycles. The minimum Gasteiger partial charge on any atom is -0.251 e. The maximum atomic E-state index is 12.9. The van der Waals surface area contributed by atoms with Gasteiger partial charge in [-0.3, -0.25) is 4.98 Å². The number of alkyl halides is 3. The van der Waals surface area contributed by atoms with E-state index in [-0.39, 0.29) is 0 Å². The highest BCUT2D eigenvalue weighted by molar-refractivity contribution is 7.98. The summed E-state index contributed by atoms with van der Waals surface area (Å²) >= 11 is 1.67. The van der Waals surface area contributed by atoms with E-state index in [9.17, 15) is 13.2 Å². The molecule has 0 unspecified atom stereocenters. The summed E-state index contributed by atoms with van der Waals surface area (Å²) in [5, 5.41) is 0. The molecule has 0 N–H and O–H groups in total. The van der Waals surface area contributed by atoms with Crippen molar-refractivity contribution in [1.82, 2.24) is 9.97 Å². The van der Waals surface area contributed by atoms with Crippen LogP contribution in [0.15, 0.2) is 83.8 Å². The summed E-state index contributed by atoms with van der Waals surface area (Å²) in [5.41, 5.74) is 4.85. The van der Waals surface area contributed by atoms with Crippen LogP contribution >= 0.6 is 11.8 Å². The Kier molecular flexibility index (Phi) is 5.83. The number of halogens is 3. The number of hydrogen-bond donors (Lipinski definition) is 0. The van der Waals surface area contributed by atoms with E-state index in [1.165, 1.54) is 12.1 Å². The Hall–Kier alpha value is -3.12. The lowest BCUT2D eigenvalue weighted by atomic mass is 10.0. The van der Waals surface area contributed by atoms with E-state index in [0.717, 1.165) is 39.5 Å². The maximum Gasteiger partial charge on any atom is 0.416 e. The fraction of sp³-hybridized carbons (Fsp3) is 0.120. The zero-order valence-electron chi connectivity index (χ0n) is 16.9. The molecule has 0 aliphatic carbocycles. The second kappa shape index (κ2) is 8.55. The number of pyridine rings is 2. The van der Waals surface area contributed by atoms with Crippen molar-refractivity contribution in [3.63, 3.8) is 0 Å². The lowest BCUT2D eigenvalue weighted by Crippen LogP contribution is -2.04. The second-order valence-corrected chi connectivity index (χ2v) is 7.98. The zero-order valence-corrected chi connectivity index (χ0v) is 17.8. The van der Waals surface area contributed by atoms with Crippen molar-refractivity contribution in [2.45, 2.75) is 18.0 Å². The third-order valence-electron chi connectivity index (χ3n) is 4.88. The predicted octanol–water partition coefficient (Wildman–Crippen LogP) is 7.53. The van der Waals surface area contributed by atoms with E-state index >= 15 is 0 Å². The monoisotopic (exact) mass is 436 g/mol. The Balaban J connectivity index is 1.72. The van der Waals surface area contributed by atoms with Gasteiger partial charge >= 0.3 is 6.18 Å². The quantitative estimate of drug-likeness (QED) is 0.309. The van der Waals surface area contributed by atoms with Crippen LogP contribution < -0.4 is 0 Å². The summed E-state index contributed by atoms with van der Waals surface area (Å²) in [6.45, 7) is 1.86. The van der Waals surface area contributed by atoms with Crippen LogP contribution in [0.3, 0.4) is 0 Å². The molecule has 2 aromatic carbocycles. The molecule has 0 bridgehead atoms. The molecule has 0 fully saturated rings. The van der Waals surface area contributed by atoms with Crippen molar-refractivity contribution in [2.75, 3.05) is 6.26 Å². The highest BCUT2D eigenvalue weighted by Crippen LogP contribution is 2.32. The third-order valence-corrected chi connectivity index (χ3v) is 5.60. The average molecular weight is 437 g/mol. The van der Waals surface area contributed by atoms with Crippen molar-refractivity contribution in [3.05, 3.63) is 90.1 Å². The van der Waals surface area contributed by atoms with Gasteiger partial charge in [-0.25, -0.2) is 4.98 Å². The van der Waals surface area contributed by atoms with Crippen LogP contribution in [0.2, 0.25) is 0 Å². The molecule has 2 nitrogen and oxygen atoms in total. The lowest BCUT2D eigenvalue weighted by molar-refractivity contribution is -0.137. The number of aromatic nitrogens is 2. The normalized spacial score (nSPS) is 11.5. The zero-order chi connectivity index (χ0) is 22.0. The SMILES string of the molecule is CSc1cccc(-c2cccc(-c3cc(-c4ccc(C(F)(F)F)cc4)cc(C)n3)n2)c1. The molecule has 0 amide bonds. The number of thioether (sulfide) groups is 1. The molecule has 0 radical (unpaired) electrons. The minimum atomic E-state index is -4.35. The van der Waals surface area contributed by atoms with Gasteiger partial charge in [0.25, 0.3) is 0 Å². The van der Waals surface area contributed by atoms with E-state index in [1.54, 1.807) is 11.8 Å². The first-order chi connectivity index (χ1) is 14.8. The van der Waals surface area contributed by atoms with Crippen LogP contribution in [0, 0.1) is 6.92 Å². The van der Waals surface area contributed by atoms with Crippen LogP contribution in [0.4, 0.5) is 13.2 Å². The van der Waals surface area contributed by atoms with Crippen molar-refractivity contribution >= 4 is 11.8 Å². The first-order valence-electron chi connectivity index (χ1n) is 9.62. The van der Waals surface area contributed by atoms with Gasteiger partial charge < -0.3 is 0 Å². The van der Waals surface area contributed by atoms with Gasteiger partial charge in [-0.1, -0.05) is 30.3 Å². The molecule has 31 heavy (non-hydrogen) atoms. The molecule has 0 spiro atoms. The van der Waals surface area contributed by atoms with Crippen LogP contribution in [-0.2, 0) is 6.18 Å². The van der Waals surface area contributed by atoms with Crippen molar-refractivity contribution in [2.24, 2.45) is 0 Å². The van der Waals surface area contributed by atoms with Gasteiger partial charge in [-0.15, -0.1) is 11.8 Å². The summed E-state index contributed by atoms with van der Waals surface area (Å²) < 4.78 is 38.6. The summed E-state index contributed by atoms with van der Waals surface area (Å²) in [4.78, 5) is 10.6. The summed E-state index contributed by atoms with van der Waals surface area (Å²) in [7, 11) is 0. The number of benzene rings is 2. The Morgan fingerprint density at radius 3 is 2.10 bits per heavy atom. The fourth-order valence-electron chi connectivity index (χ4n) is 3.34. The number of hydrogen-bond acceptors (Lipinski definition) is 3. The van der Waals surface area contributed by atoms with Gasteiger partial charge in [-0.05, 0) is 72.8 Å². The largest absolute Gasteiger partial charge is 0.416 e. The van der Waals surface area contributed by atoms with Crippen LogP contribution in [0.25, 0.3) is 33.8 Å². The molecule has 2 heterocycles. The molecule has 6 heteroatoms. The minimum absolute atomic E-state index is 0.663. The van der Waals surface area contributed by atoms with Crippen molar-refractivity contribution in [1.29, 1.82) is 0 Å². The number of rotatable bonds is 4. The number of aryl methyl sites for hydroxylation is 1. The highest BCUT2D eigenvalue weighted by Gasteiger charge is 2.30. The summed E-state index contributed by atoms with van der Waals surface area (Å²) in [6.07, 6.45) is -2.32. The molecule has 0 aliphatic rings. The van der Waals surface area contributed by atoms with Gasteiger partial charge in [0.2, 0.25) is 0 Å². The van der Waals surface area contributed by atoms with E-state index in [1.807, 2.05) is 55.6 Å². The van der Waals surface area contributed by atoms with E-state index < -0.39 is 11.7 Å². The molecule has 0 atom stereocenters. The summed E-state index contributed by atoms with van der Waals surface area (Å²) in [6, 6.07) is 22.8. The van der Waals surface area contributed by atoms with Gasteiger partial charge in [0.15, 0.2) is 0 Å². The van der Waals surface area contributed by atoms with Crippen LogP contribution in [0.5, 0.6) is 0 Å². The second-order valence-electron chi connectivity index (χ2n) is 7.10. The van der Waals surface area contributed by atoms with E-state index in [4.69, 9.17) is 4.98 Å². The molecular weight excluding hydrogens is 417 g/mol. The first kappa shape index (κ1) is 21.1. The standard InChI is InChI=1S/C25H19F3N2S/c1-16-13-19(17-9-11-20(12-10-17)25(26,27)28)15-24(29-16)23-8-4-7-22(30-23)18-5-3-6-21(14-18)31-2/h3-15H,1-2H3. The van der Waals surface area contributed by atoms with E-state index in [2.05, 4.69) is 17.1 Å². The molecule has 4 rings (SSSR count). The van der Waals surface area contributed by atoms with Crippen LogP contribution in [-0.4, -0.2) is 16.2 Å². The lowest BCUT2D eigenvalue weighted by Gasteiger charge is -2.10. The van der Waals surface area contributed by atoms with Crippen molar-refractivity contribution < 1.29 is 13.2 Å². The van der Waals surface area contributed by atoms with Gasteiger partial charge in [0.1, 0.15) is 0 Å². The van der Waals surface area contributed by atoms with Crippen molar-refractivity contribution in [3.8, 4) is 33.8 Å². The summed E-state index contributed by atoms with van der Waals surface area (Å²) in [5.74, 6) is 0. The first-order valence-corrected chi connectivity index (χ1v) is 10.8. The Bertz CT molecular complexity index is 1220. The maximum absolute atomic E-state index is 12.9. The van der Waals surface area contributed by atoms with E-state index in [0.29, 0.717) is 17.0 Å². The fourth-order valence-corrected chi connectivity index (χ4v) is 3.80. The third kappa shape index (κ3) is 4.80. The highest BCUT2D eigenvalue weighted by atomic mass is 32.2. The molecule has 4 aromatic rings.